The molecule has 23 heavy (non-hydrogen) atoms. The molecule has 9 heteroatoms. The third-order valence-corrected chi connectivity index (χ3v) is 6.10. The molecule has 0 aliphatic rings. The summed E-state index contributed by atoms with van der Waals surface area (Å²) >= 11 is 13.7. The number of carboxylic acids is 1. The molecule has 0 amide bonds. The number of benzene rings is 2. The van der Waals surface area contributed by atoms with Crippen LogP contribution in [0, 0.1) is 3.57 Å². The van der Waals surface area contributed by atoms with E-state index in [0.717, 1.165) is 7.88 Å². The number of nitrogens with zero attached hydrogens (tertiary/aromatic N) is 1. The Labute approximate surface area is 157 Å². The molecule has 0 aliphatic carbocycles. The SMILES string of the molecule is O=C(O)CN(c1ccc(I)cc1)S(=O)(=O)c1ccc(Cl)c(Cl)c1. The molecule has 122 valence electrons. The summed E-state index contributed by atoms with van der Waals surface area (Å²) in [5, 5.41) is 9.34. The lowest BCUT2D eigenvalue weighted by Gasteiger charge is -2.23. The summed E-state index contributed by atoms with van der Waals surface area (Å²) in [5.41, 5.74) is 0.249. The van der Waals surface area contributed by atoms with Crippen LogP contribution < -0.4 is 4.31 Å². The van der Waals surface area contributed by atoms with Crippen LogP contribution in [0.4, 0.5) is 5.69 Å². The highest BCUT2D eigenvalue weighted by Gasteiger charge is 2.27. The van der Waals surface area contributed by atoms with Gasteiger partial charge in [0.05, 0.1) is 20.6 Å². The van der Waals surface area contributed by atoms with Gasteiger partial charge in [0.1, 0.15) is 6.54 Å². The molecule has 0 aromatic heterocycles. The molecule has 0 aliphatic heterocycles. The first-order chi connectivity index (χ1) is 10.7. The number of carbonyl (C=O) groups is 1. The number of hydrogen-bond acceptors (Lipinski definition) is 3. The van der Waals surface area contributed by atoms with Crippen LogP contribution in [0.1, 0.15) is 0 Å². The van der Waals surface area contributed by atoms with E-state index in [9.17, 15) is 13.2 Å². The van der Waals surface area contributed by atoms with Gasteiger partial charge in [0.25, 0.3) is 10.0 Å². The molecular formula is C14H10Cl2INO4S. The maximum absolute atomic E-state index is 12.8. The maximum Gasteiger partial charge on any atom is 0.324 e. The van der Waals surface area contributed by atoms with E-state index in [0.29, 0.717) is 0 Å². The number of halogens is 3. The lowest BCUT2D eigenvalue weighted by molar-refractivity contribution is -0.135. The van der Waals surface area contributed by atoms with E-state index in [2.05, 4.69) is 22.6 Å². The normalized spacial score (nSPS) is 11.3. The average molecular weight is 486 g/mol. The molecule has 2 rings (SSSR count). The number of anilines is 1. The Morgan fingerprint density at radius 2 is 1.70 bits per heavy atom. The van der Waals surface area contributed by atoms with Crippen molar-refractivity contribution in [1.82, 2.24) is 0 Å². The minimum absolute atomic E-state index is 0.0747. The van der Waals surface area contributed by atoms with Gasteiger partial charge >= 0.3 is 5.97 Å². The summed E-state index contributed by atoms with van der Waals surface area (Å²) in [6.07, 6.45) is 0. The molecular weight excluding hydrogens is 476 g/mol. The Morgan fingerprint density at radius 3 is 2.22 bits per heavy atom. The number of carboxylic acid groups (broad SMARTS) is 1. The van der Waals surface area contributed by atoms with Gasteiger partial charge in [-0.2, -0.15) is 0 Å². The highest BCUT2D eigenvalue weighted by Crippen LogP contribution is 2.29. The van der Waals surface area contributed by atoms with Crippen molar-refractivity contribution in [2.24, 2.45) is 0 Å². The summed E-state index contributed by atoms with van der Waals surface area (Å²) in [7, 11) is -4.09. The zero-order valence-electron chi connectivity index (χ0n) is 11.4. The number of rotatable bonds is 5. The molecule has 0 unspecified atom stereocenters. The fraction of sp³-hybridized carbons (Fsp3) is 0.0714. The molecule has 0 saturated carbocycles. The fourth-order valence-electron chi connectivity index (χ4n) is 1.81. The number of sulfonamides is 1. The molecule has 0 fully saturated rings. The summed E-state index contributed by atoms with van der Waals surface area (Å²) in [5.74, 6) is -1.27. The van der Waals surface area contributed by atoms with Gasteiger partial charge in [-0.15, -0.1) is 0 Å². The van der Waals surface area contributed by atoms with E-state index in [-0.39, 0.29) is 20.6 Å². The first-order valence-corrected chi connectivity index (χ1v) is 9.44. The number of hydrogen-bond donors (Lipinski definition) is 1. The van der Waals surface area contributed by atoms with Crippen molar-refractivity contribution in [3.05, 3.63) is 56.1 Å². The molecule has 2 aromatic rings. The summed E-state index contributed by atoms with van der Waals surface area (Å²) < 4.78 is 27.3. The van der Waals surface area contributed by atoms with Gasteiger partial charge in [-0.25, -0.2) is 8.42 Å². The number of aliphatic carboxylic acids is 1. The summed E-state index contributed by atoms with van der Waals surface area (Å²) in [6, 6.07) is 10.3. The van der Waals surface area contributed by atoms with Crippen molar-refractivity contribution < 1.29 is 18.3 Å². The highest BCUT2D eigenvalue weighted by atomic mass is 127. The molecule has 0 saturated heterocycles. The van der Waals surface area contributed by atoms with Gasteiger partial charge in [0, 0.05) is 3.57 Å². The standard InChI is InChI=1S/C14H10Cl2INO4S/c15-12-6-5-11(7-13(12)16)23(21,22)18(8-14(19)20)10-3-1-9(17)2-4-10/h1-7H,8H2,(H,19,20). The van der Waals surface area contributed by atoms with Gasteiger partial charge in [-0.1, -0.05) is 23.2 Å². The van der Waals surface area contributed by atoms with Crippen LogP contribution in [-0.4, -0.2) is 26.0 Å². The predicted molar refractivity (Wildman–Crippen MR) is 97.8 cm³/mol. The smallest absolute Gasteiger partial charge is 0.324 e. The molecule has 2 aromatic carbocycles. The lowest BCUT2D eigenvalue weighted by atomic mass is 10.3. The quantitative estimate of drug-likeness (QED) is 0.652. The van der Waals surface area contributed by atoms with E-state index in [1.165, 1.54) is 18.2 Å². The van der Waals surface area contributed by atoms with Gasteiger partial charge < -0.3 is 5.11 Å². The van der Waals surface area contributed by atoms with E-state index < -0.39 is 22.5 Å². The van der Waals surface area contributed by atoms with Gasteiger partial charge in [-0.3, -0.25) is 9.10 Å². The maximum atomic E-state index is 12.8. The van der Waals surface area contributed by atoms with E-state index >= 15 is 0 Å². The molecule has 0 spiro atoms. The molecule has 0 radical (unpaired) electrons. The van der Waals surface area contributed by atoms with Crippen LogP contribution in [0.25, 0.3) is 0 Å². The summed E-state index contributed by atoms with van der Waals surface area (Å²) in [6.45, 7) is -0.705. The third-order valence-electron chi connectivity index (χ3n) is 2.87. The van der Waals surface area contributed by atoms with Crippen LogP contribution in [0.3, 0.4) is 0 Å². The Bertz CT molecular complexity index is 840. The van der Waals surface area contributed by atoms with Crippen molar-refractivity contribution in [3.8, 4) is 0 Å². The van der Waals surface area contributed by atoms with Gasteiger partial charge in [0.2, 0.25) is 0 Å². The second-order valence-corrected chi connectivity index (χ2v) is 8.38. The van der Waals surface area contributed by atoms with Gasteiger partial charge in [-0.05, 0) is 65.1 Å². The molecule has 5 nitrogen and oxygen atoms in total. The summed E-state index contributed by atoms with van der Waals surface area (Å²) in [4.78, 5) is 11.0. The second-order valence-electron chi connectivity index (χ2n) is 4.46. The van der Waals surface area contributed by atoms with Crippen LogP contribution in [0.5, 0.6) is 0 Å². The Hall–Kier alpha value is -1.03. The van der Waals surface area contributed by atoms with E-state index in [1.54, 1.807) is 24.3 Å². The Balaban J connectivity index is 2.54. The van der Waals surface area contributed by atoms with E-state index in [1.807, 2.05) is 0 Å². The topological polar surface area (TPSA) is 74.7 Å². The monoisotopic (exact) mass is 485 g/mol. The van der Waals surface area contributed by atoms with Crippen molar-refractivity contribution in [2.75, 3.05) is 10.8 Å². The van der Waals surface area contributed by atoms with Crippen molar-refractivity contribution >= 4 is 67.5 Å². The molecule has 0 atom stereocenters. The minimum atomic E-state index is -4.09. The van der Waals surface area contributed by atoms with Crippen LogP contribution in [0.2, 0.25) is 10.0 Å². The minimum Gasteiger partial charge on any atom is -0.480 e. The zero-order chi connectivity index (χ0) is 17.2. The second kappa shape index (κ2) is 7.25. The van der Waals surface area contributed by atoms with Crippen LogP contribution >= 0.6 is 45.8 Å². The third kappa shape index (κ3) is 4.28. The molecule has 1 N–H and O–H groups in total. The first-order valence-electron chi connectivity index (χ1n) is 6.17. The van der Waals surface area contributed by atoms with Crippen molar-refractivity contribution in [2.45, 2.75) is 4.90 Å². The van der Waals surface area contributed by atoms with Crippen molar-refractivity contribution in [3.63, 3.8) is 0 Å². The predicted octanol–water partition coefficient (Wildman–Crippen LogP) is 3.88. The van der Waals surface area contributed by atoms with E-state index in [4.69, 9.17) is 28.3 Å². The molecule has 0 heterocycles. The lowest BCUT2D eigenvalue weighted by Crippen LogP contribution is -2.35. The Kier molecular flexibility index (Phi) is 5.77. The van der Waals surface area contributed by atoms with Gasteiger partial charge in [0.15, 0.2) is 0 Å². The van der Waals surface area contributed by atoms with Crippen LogP contribution in [-0.2, 0) is 14.8 Å². The van der Waals surface area contributed by atoms with Crippen LogP contribution in [0.15, 0.2) is 47.4 Å². The largest absolute Gasteiger partial charge is 0.480 e. The fourth-order valence-corrected chi connectivity index (χ4v) is 3.97. The van der Waals surface area contributed by atoms with Crippen molar-refractivity contribution in [1.29, 1.82) is 0 Å². The Morgan fingerprint density at radius 1 is 1.09 bits per heavy atom. The zero-order valence-corrected chi connectivity index (χ0v) is 15.9. The molecule has 0 bridgehead atoms. The first kappa shape index (κ1) is 18.3. The average Bonchev–Trinajstić information content (AvgIpc) is 2.48. The highest BCUT2D eigenvalue weighted by molar-refractivity contribution is 14.1.